The maximum absolute atomic E-state index is 12.7. The van der Waals surface area contributed by atoms with E-state index in [1.165, 1.54) is 0 Å². The third-order valence-electron chi connectivity index (χ3n) is 6.31. The number of amides is 1. The van der Waals surface area contributed by atoms with E-state index in [4.69, 9.17) is 21.4 Å². The molecule has 2 N–H and O–H groups in total. The van der Waals surface area contributed by atoms with Crippen molar-refractivity contribution in [1.29, 1.82) is 0 Å². The molecule has 0 fully saturated rings. The van der Waals surface area contributed by atoms with Gasteiger partial charge in [-0.05, 0) is 42.8 Å². The zero-order chi connectivity index (χ0) is 23.9. The standard InChI is InChI=1S/C27H22ClN5O2/c1-16-25-20(17-10-12-19(13-11-17)35-15-18-6-2-3-7-21(18)28)14-24(34)31-26(25)33(32-16)27-29-22-8-4-5-9-23(22)30-27/h2-13,20H,14-15H2,1H3,(H,29,30)(H,31,34)/t20-/m1/s1. The van der Waals surface area contributed by atoms with E-state index in [1.807, 2.05) is 79.7 Å². The summed E-state index contributed by atoms with van der Waals surface area (Å²) < 4.78 is 7.62. The first kappa shape index (κ1) is 21.4. The van der Waals surface area contributed by atoms with E-state index in [9.17, 15) is 4.79 Å². The Morgan fingerprint density at radius 2 is 1.83 bits per heavy atom. The Morgan fingerprint density at radius 3 is 2.63 bits per heavy atom. The summed E-state index contributed by atoms with van der Waals surface area (Å²) in [4.78, 5) is 20.7. The van der Waals surface area contributed by atoms with Crippen LogP contribution in [-0.4, -0.2) is 25.7 Å². The second-order valence-corrected chi connectivity index (χ2v) is 9.00. The molecule has 1 aliphatic heterocycles. The minimum absolute atomic E-state index is 0.0567. The van der Waals surface area contributed by atoms with Crippen molar-refractivity contribution >= 4 is 34.4 Å². The van der Waals surface area contributed by atoms with Crippen molar-refractivity contribution in [2.45, 2.75) is 25.9 Å². The SMILES string of the molecule is Cc1nn(-c2nc3ccccc3[nH]2)c2c1[C@@H](c1ccc(OCc3ccccc3Cl)cc1)CC(=O)N2. The normalized spacial score (nSPS) is 15.1. The summed E-state index contributed by atoms with van der Waals surface area (Å²) in [7, 11) is 0. The van der Waals surface area contributed by atoms with E-state index in [0.717, 1.165) is 39.2 Å². The summed E-state index contributed by atoms with van der Waals surface area (Å²) >= 11 is 6.23. The van der Waals surface area contributed by atoms with Gasteiger partial charge in [-0.25, -0.2) is 4.98 Å². The third kappa shape index (κ3) is 3.94. The smallest absolute Gasteiger partial charge is 0.231 e. The Kier molecular flexibility index (Phi) is 5.26. The molecule has 1 atom stereocenters. The van der Waals surface area contributed by atoms with Gasteiger partial charge in [0, 0.05) is 28.5 Å². The second-order valence-electron chi connectivity index (χ2n) is 8.59. The van der Waals surface area contributed by atoms with Crippen molar-refractivity contribution in [3.05, 3.63) is 100 Å². The number of para-hydroxylation sites is 2. The van der Waals surface area contributed by atoms with Crippen molar-refractivity contribution in [2.75, 3.05) is 5.32 Å². The summed E-state index contributed by atoms with van der Waals surface area (Å²) in [6.07, 6.45) is 0.347. The zero-order valence-electron chi connectivity index (χ0n) is 19.0. The molecule has 0 aliphatic carbocycles. The summed E-state index contributed by atoms with van der Waals surface area (Å²) in [5.74, 6) is 1.79. The first-order chi connectivity index (χ1) is 17.1. The lowest BCUT2D eigenvalue weighted by Crippen LogP contribution is -2.25. The Balaban J connectivity index is 1.30. The number of aromatic nitrogens is 4. The number of aromatic amines is 1. The first-order valence-corrected chi connectivity index (χ1v) is 11.8. The molecule has 1 amide bonds. The van der Waals surface area contributed by atoms with E-state index in [0.29, 0.717) is 29.8 Å². The van der Waals surface area contributed by atoms with Crippen LogP contribution in [0.1, 0.15) is 34.7 Å². The van der Waals surface area contributed by atoms with Gasteiger partial charge in [-0.2, -0.15) is 9.78 Å². The topological polar surface area (TPSA) is 84.8 Å². The number of fused-ring (bicyclic) bond motifs is 2. The highest BCUT2D eigenvalue weighted by atomic mass is 35.5. The molecule has 0 saturated heterocycles. The van der Waals surface area contributed by atoms with Crippen LogP contribution in [0.5, 0.6) is 5.75 Å². The van der Waals surface area contributed by atoms with Crippen molar-refractivity contribution in [3.8, 4) is 11.7 Å². The molecule has 2 aromatic heterocycles. The predicted molar refractivity (Wildman–Crippen MR) is 135 cm³/mol. The van der Waals surface area contributed by atoms with Crippen LogP contribution in [0.25, 0.3) is 17.0 Å². The van der Waals surface area contributed by atoms with Crippen molar-refractivity contribution in [3.63, 3.8) is 0 Å². The highest BCUT2D eigenvalue weighted by Gasteiger charge is 2.33. The third-order valence-corrected chi connectivity index (χ3v) is 6.68. The molecule has 8 heteroatoms. The quantitative estimate of drug-likeness (QED) is 0.332. The van der Waals surface area contributed by atoms with E-state index in [-0.39, 0.29) is 11.8 Å². The summed E-state index contributed by atoms with van der Waals surface area (Å²) in [6.45, 7) is 2.35. The molecule has 3 aromatic carbocycles. The number of hydrogen-bond donors (Lipinski definition) is 2. The van der Waals surface area contributed by atoms with Crippen molar-refractivity contribution in [1.82, 2.24) is 19.7 Å². The Labute approximate surface area is 206 Å². The van der Waals surface area contributed by atoms with Crippen LogP contribution >= 0.6 is 11.6 Å². The number of ether oxygens (including phenoxy) is 1. The van der Waals surface area contributed by atoms with Gasteiger partial charge in [0.2, 0.25) is 11.9 Å². The second kappa shape index (κ2) is 8.60. The lowest BCUT2D eigenvalue weighted by atomic mass is 9.86. The van der Waals surface area contributed by atoms with Crippen LogP contribution in [-0.2, 0) is 11.4 Å². The van der Waals surface area contributed by atoms with Crippen LogP contribution in [0.15, 0.2) is 72.8 Å². The van der Waals surface area contributed by atoms with E-state index in [2.05, 4.69) is 15.3 Å². The summed E-state index contributed by atoms with van der Waals surface area (Å²) in [6, 6.07) is 23.3. The number of carbonyl (C=O) groups excluding carboxylic acids is 1. The molecule has 0 bridgehead atoms. The fourth-order valence-electron chi connectivity index (χ4n) is 4.60. The van der Waals surface area contributed by atoms with Gasteiger partial charge in [-0.1, -0.05) is 54.1 Å². The molecule has 35 heavy (non-hydrogen) atoms. The Morgan fingerprint density at radius 1 is 1.06 bits per heavy atom. The molecule has 174 valence electrons. The monoisotopic (exact) mass is 483 g/mol. The minimum atomic E-state index is -0.116. The van der Waals surface area contributed by atoms with Crippen LogP contribution in [0.4, 0.5) is 5.82 Å². The number of carbonyl (C=O) groups is 1. The number of benzene rings is 3. The van der Waals surface area contributed by atoms with Crippen LogP contribution < -0.4 is 10.1 Å². The lowest BCUT2D eigenvalue weighted by Gasteiger charge is -2.24. The number of hydrogen-bond acceptors (Lipinski definition) is 4. The number of halogens is 1. The molecular formula is C27H22ClN5O2. The molecule has 0 unspecified atom stereocenters. The molecule has 7 nitrogen and oxygen atoms in total. The molecule has 0 saturated carbocycles. The van der Waals surface area contributed by atoms with Crippen molar-refractivity contribution < 1.29 is 9.53 Å². The average Bonchev–Trinajstić information content (AvgIpc) is 3.44. The van der Waals surface area contributed by atoms with Crippen LogP contribution in [0, 0.1) is 6.92 Å². The Hall–Kier alpha value is -4.10. The molecule has 5 aromatic rings. The molecular weight excluding hydrogens is 462 g/mol. The van der Waals surface area contributed by atoms with Crippen molar-refractivity contribution in [2.24, 2.45) is 0 Å². The Bertz CT molecular complexity index is 1520. The number of nitrogens with one attached hydrogen (secondary N) is 2. The number of H-pyrrole nitrogens is 1. The highest BCUT2D eigenvalue weighted by molar-refractivity contribution is 6.31. The van der Waals surface area contributed by atoms with Gasteiger partial charge in [0.25, 0.3) is 0 Å². The highest BCUT2D eigenvalue weighted by Crippen LogP contribution is 2.40. The van der Waals surface area contributed by atoms with Gasteiger partial charge < -0.3 is 15.0 Å². The maximum Gasteiger partial charge on any atom is 0.231 e. The predicted octanol–water partition coefficient (Wildman–Crippen LogP) is 5.76. The van der Waals surface area contributed by atoms with Gasteiger partial charge in [0.15, 0.2) is 0 Å². The fraction of sp³-hybridized carbons (Fsp3) is 0.148. The van der Waals surface area contributed by atoms with Crippen LogP contribution in [0.2, 0.25) is 5.02 Å². The van der Waals surface area contributed by atoms with Gasteiger partial charge in [0.1, 0.15) is 18.2 Å². The number of anilines is 1. The summed E-state index contributed by atoms with van der Waals surface area (Å²) in [5, 5.41) is 8.42. The maximum atomic E-state index is 12.7. The van der Waals surface area contributed by atoms with Gasteiger partial charge >= 0.3 is 0 Å². The molecule has 6 rings (SSSR count). The number of nitrogens with zero attached hydrogens (tertiary/aromatic N) is 3. The number of imidazole rings is 1. The first-order valence-electron chi connectivity index (χ1n) is 11.4. The van der Waals surface area contributed by atoms with Gasteiger partial charge in [-0.15, -0.1) is 0 Å². The molecule has 0 spiro atoms. The van der Waals surface area contributed by atoms with E-state index in [1.54, 1.807) is 4.68 Å². The molecule has 3 heterocycles. The number of rotatable bonds is 5. The van der Waals surface area contributed by atoms with Crippen LogP contribution in [0.3, 0.4) is 0 Å². The van der Waals surface area contributed by atoms with Gasteiger partial charge in [-0.3, -0.25) is 4.79 Å². The average molecular weight is 484 g/mol. The number of aryl methyl sites for hydroxylation is 1. The lowest BCUT2D eigenvalue weighted by molar-refractivity contribution is -0.116. The fourth-order valence-corrected chi connectivity index (χ4v) is 4.79. The molecule has 0 radical (unpaired) electrons. The van der Waals surface area contributed by atoms with E-state index < -0.39 is 0 Å². The zero-order valence-corrected chi connectivity index (χ0v) is 19.7. The molecule has 1 aliphatic rings. The van der Waals surface area contributed by atoms with E-state index >= 15 is 0 Å². The van der Waals surface area contributed by atoms with Gasteiger partial charge in [0.05, 0.1) is 16.7 Å². The minimum Gasteiger partial charge on any atom is -0.489 e. The summed E-state index contributed by atoms with van der Waals surface area (Å²) in [5.41, 5.74) is 5.56. The largest absolute Gasteiger partial charge is 0.489 e.